The molecule has 1 aliphatic heterocycles. The molecule has 0 atom stereocenters. The van der Waals surface area contributed by atoms with Gasteiger partial charge in [0.2, 0.25) is 11.8 Å². The highest BCUT2D eigenvalue weighted by Crippen LogP contribution is 2.30. The SMILES string of the molecule is Cc1ccc(SCC(=O)NNC(=O)Cc2ccc3c(c2)OCCO3)cc1. The number of hydrazine groups is 1. The zero-order valence-corrected chi connectivity index (χ0v) is 15.2. The molecule has 26 heavy (non-hydrogen) atoms. The van der Waals surface area contributed by atoms with E-state index in [4.69, 9.17) is 9.47 Å². The van der Waals surface area contributed by atoms with Crippen LogP contribution in [0.2, 0.25) is 0 Å². The molecule has 6 nitrogen and oxygen atoms in total. The molecule has 2 N–H and O–H groups in total. The van der Waals surface area contributed by atoms with Gasteiger partial charge in [0.15, 0.2) is 11.5 Å². The number of thioether (sulfide) groups is 1. The summed E-state index contributed by atoms with van der Waals surface area (Å²) in [6.45, 7) is 3.04. The Morgan fingerprint density at radius 1 is 0.962 bits per heavy atom. The van der Waals surface area contributed by atoms with Crippen molar-refractivity contribution >= 4 is 23.6 Å². The molecule has 136 valence electrons. The van der Waals surface area contributed by atoms with Gasteiger partial charge in [-0.3, -0.25) is 20.4 Å². The maximum absolute atomic E-state index is 12.0. The third-order valence-corrected chi connectivity index (χ3v) is 4.72. The van der Waals surface area contributed by atoms with E-state index in [0.717, 1.165) is 10.5 Å². The first kappa shape index (κ1) is 18.1. The number of carbonyl (C=O) groups excluding carboxylic acids is 2. The van der Waals surface area contributed by atoms with E-state index in [2.05, 4.69) is 10.9 Å². The van der Waals surface area contributed by atoms with Gasteiger partial charge in [0.1, 0.15) is 13.2 Å². The van der Waals surface area contributed by atoms with E-state index < -0.39 is 0 Å². The monoisotopic (exact) mass is 372 g/mol. The van der Waals surface area contributed by atoms with Gasteiger partial charge in [-0.2, -0.15) is 0 Å². The molecule has 3 rings (SSSR count). The summed E-state index contributed by atoms with van der Waals surface area (Å²) in [4.78, 5) is 24.8. The summed E-state index contributed by atoms with van der Waals surface area (Å²) in [7, 11) is 0. The third-order valence-electron chi connectivity index (χ3n) is 3.70. The van der Waals surface area contributed by atoms with Crippen LogP contribution in [0.3, 0.4) is 0 Å². The molecule has 0 bridgehead atoms. The molecule has 0 fully saturated rings. The number of hydrogen-bond acceptors (Lipinski definition) is 5. The van der Waals surface area contributed by atoms with E-state index >= 15 is 0 Å². The minimum atomic E-state index is -0.296. The standard InChI is InChI=1S/C19H20N2O4S/c1-13-2-5-15(6-3-13)26-12-19(23)21-20-18(22)11-14-4-7-16-17(10-14)25-9-8-24-16/h2-7,10H,8-9,11-12H2,1H3,(H,20,22)(H,21,23). The number of aryl methyl sites for hydroxylation is 1. The van der Waals surface area contributed by atoms with Crippen LogP contribution in [0.5, 0.6) is 11.5 Å². The average Bonchev–Trinajstić information content (AvgIpc) is 2.66. The van der Waals surface area contributed by atoms with Crippen molar-refractivity contribution in [3.63, 3.8) is 0 Å². The third kappa shape index (κ3) is 5.16. The van der Waals surface area contributed by atoms with E-state index in [-0.39, 0.29) is 24.0 Å². The van der Waals surface area contributed by atoms with Crippen molar-refractivity contribution in [3.8, 4) is 11.5 Å². The molecule has 1 aliphatic rings. The van der Waals surface area contributed by atoms with Crippen LogP contribution in [-0.2, 0) is 16.0 Å². The second-order valence-corrected chi connectivity index (χ2v) is 6.90. The van der Waals surface area contributed by atoms with Crippen molar-refractivity contribution in [2.75, 3.05) is 19.0 Å². The Balaban J connectivity index is 1.42. The highest BCUT2D eigenvalue weighted by Gasteiger charge is 2.13. The molecule has 0 aliphatic carbocycles. The number of ether oxygens (including phenoxy) is 2. The number of rotatable bonds is 5. The summed E-state index contributed by atoms with van der Waals surface area (Å²) in [5.74, 6) is 0.997. The Hall–Kier alpha value is -2.67. The van der Waals surface area contributed by atoms with E-state index in [1.165, 1.54) is 17.3 Å². The lowest BCUT2D eigenvalue weighted by Crippen LogP contribution is -2.43. The van der Waals surface area contributed by atoms with Gasteiger partial charge >= 0.3 is 0 Å². The molecular formula is C19H20N2O4S. The van der Waals surface area contributed by atoms with Gasteiger partial charge in [-0.15, -0.1) is 11.8 Å². The number of benzene rings is 2. The molecule has 0 unspecified atom stereocenters. The number of amides is 2. The van der Waals surface area contributed by atoms with Gasteiger partial charge in [-0.25, -0.2) is 0 Å². The molecule has 0 saturated heterocycles. The molecule has 7 heteroatoms. The molecule has 2 aromatic rings. The van der Waals surface area contributed by atoms with Crippen molar-refractivity contribution < 1.29 is 19.1 Å². The van der Waals surface area contributed by atoms with Gasteiger partial charge in [0.05, 0.1) is 12.2 Å². The van der Waals surface area contributed by atoms with Gasteiger partial charge in [-0.05, 0) is 36.8 Å². The summed E-state index contributed by atoms with van der Waals surface area (Å²) >= 11 is 1.41. The Morgan fingerprint density at radius 3 is 2.42 bits per heavy atom. The van der Waals surface area contributed by atoms with Gasteiger partial charge in [0.25, 0.3) is 0 Å². The zero-order valence-electron chi connectivity index (χ0n) is 14.4. The molecule has 1 heterocycles. The summed E-state index contributed by atoms with van der Waals surface area (Å²) in [6.07, 6.45) is 0.141. The van der Waals surface area contributed by atoms with Crippen molar-refractivity contribution in [1.82, 2.24) is 10.9 Å². The van der Waals surface area contributed by atoms with Gasteiger partial charge in [-0.1, -0.05) is 23.8 Å². The van der Waals surface area contributed by atoms with E-state index in [1.807, 2.05) is 37.3 Å². The number of hydrogen-bond donors (Lipinski definition) is 2. The minimum Gasteiger partial charge on any atom is -0.486 e. The van der Waals surface area contributed by atoms with E-state index in [9.17, 15) is 9.59 Å². The van der Waals surface area contributed by atoms with Crippen LogP contribution in [0.1, 0.15) is 11.1 Å². The predicted molar refractivity (Wildman–Crippen MR) is 99.3 cm³/mol. The Labute approximate surface area is 156 Å². The topological polar surface area (TPSA) is 76.7 Å². The lowest BCUT2D eigenvalue weighted by atomic mass is 10.1. The van der Waals surface area contributed by atoms with Crippen LogP contribution in [0, 0.1) is 6.92 Å². The quantitative estimate of drug-likeness (QED) is 0.622. The fraction of sp³-hybridized carbons (Fsp3) is 0.263. The van der Waals surface area contributed by atoms with Crippen LogP contribution in [-0.4, -0.2) is 30.8 Å². The fourth-order valence-electron chi connectivity index (χ4n) is 2.39. The van der Waals surface area contributed by atoms with Crippen LogP contribution in [0.25, 0.3) is 0 Å². The molecular weight excluding hydrogens is 352 g/mol. The van der Waals surface area contributed by atoms with Crippen LogP contribution >= 0.6 is 11.8 Å². The van der Waals surface area contributed by atoms with Crippen LogP contribution in [0.4, 0.5) is 0 Å². The molecule has 2 aromatic carbocycles. The first-order valence-electron chi connectivity index (χ1n) is 8.26. The summed E-state index contributed by atoms with van der Waals surface area (Å²) in [6, 6.07) is 13.3. The molecule has 2 amide bonds. The van der Waals surface area contributed by atoms with Crippen molar-refractivity contribution in [3.05, 3.63) is 53.6 Å². The Kier molecular flexibility index (Phi) is 6.01. The second-order valence-electron chi connectivity index (χ2n) is 5.85. The van der Waals surface area contributed by atoms with Crippen LogP contribution in [0.15, 0.2) is 47.4 Å². The van der Waals surface area contributed by atoms with Gasteiger partial charge in [0, 0.05) is 4.90 Å². The molecule has 0 saturated carbocycles. The number of nitrogens with one attached hydrogen (secondary N) is 2. The van der Waals surface area contributed by atoms with Crippen LogP contribution < -0.4 is 20.3 Å². The average molecular weight is 372 g/mol. The minimum absolute atomic E-state index is 0.141. The van der Waals surface area contributed by atoms with E-state index in [0.29, 0.717) is 24.7 Å². The number of carbonyl (C=O) groups is 2. The van der Waals surface area contributed by atoms with Gasteiger partial charge < -0.3 is 9.47 Å². The lowest BCUT2D eigenvalue weighted by Gasteiger charge is -2.18. The Bertz CT molecular complexity index is 793. The summed E-state index contributed by atoms with van der Waals surface area (Å²) in [5, 5.41) is 0. The first-order chi connectivity index (χ1) is 12.6. The smallest absolute Gasteiger partial charge is 0.248 e. The lowest BCUT2D eigenvalue weighted by molar-refractivity contribution is -0.127. The zero-order chi connectivity index (χ0) is 18.4. The number of fused-ring (bicyclic) bond motifs is 1. The molecule has 0 radical (unpaired) electrons. The highest BCUT2D eigenvalue weighted by atomic mass is 32.2. The van der Waals surface area contributed by atoms with E-state index in [1.54, 1.807) is 12.1 Å². The highest BCUT2D eigenvalue weighted by molar-refractivity contribution is 8.00. The maximum Gasteiger partial charge on any atom is 0.248 e. The normalized spacial score (nSPS) is 12.3. The maximum atomic E-state index is 12.0. The molecule has 0 spiro atoms. The van der Waals surface area contributed by atoms with Crippen molar-refractivity contribution in [2.24, 2.45) is 0 Å². The second kappa shape index (κ2) is 8.62. The predicted octanol–water partition coefficient (Wildman–Crippen LogP) is 2.25. The Morgan fingerprint density at radius 2 is 1.65 bits per heavy atom. The largest absolute Gasteiger partial charge is 0.486 e. The molecule has 0 aromatic heterocycles. The van der Waals surface area contributed by atoms with Crippen molar-refractivity contribution in [1.29, 1.82) is 0 Å². The summed E-state index contributed by atoms with van der Waals surface area (Å²) in [5.41, 5.74) is 6.82. The fourth-order valence-corrected chi connectivity index (χ4v) is 3.08. The van der Waals surface area contributed by atoms with Crippen molar-refractivity contribution in [2.45, 2.75) is 18.2 Å². The summed E-state index contributed by atoms with van der Waals surface area (Å²) < 4.78 is 10.9. The first-order valence-corrected chi connectivity index (χ1v) is 9.24.